The number of ether oxygens (including phenoxy) is 1. The molecule has 92 valence electrons. The van der Waals surface area contributed by atoms with Crippen LogP contribution >= 0.6 is 15.9 Å². The van der Waals surface area contributed by atoms with E-state index in [-0.39, 0.29) is 12.0 Å². The zero-order valence-corrected chi connectivity index (χ0v) is 11.7. The molecule has 1 fully saturated rings. The molecule has 3 nitrogen and oxygen atoms in total. The molecule has 1 heterocycles. The zero-order chi connectivity index (χ0) is 12.4. The fourth-order valence-corrected chi connectivity index (χ4v) is 2.76. The SMILES string of the molecule is COC1CCN(C(=O)c2cc(C)cc(Br)c2)C1. The fourth-order valence-electron chi connectivity index (χ4n) is 2.15. The molecule has 1 amide bonds. The number of rotatable bonds is 2. The van der Waals surface area contributed by atoms with E-state index in [1.807, 2.05) is 30.0 Å². The molecule has 1 aliphatic heterocycles. The number of amides is 1. The van der Waals surface area contributed by atoms with E-state index in [0.29, 0.717) is 6.54 Å². The van der Waals surface area contributed by atoms with E-state index in [2.05, 4.69) is 15.9 Å². The van der Waals surface area contributed by atoms with Crippen molar-refractivity contribution in [2.75, 3.05) is 20.2 Å². The lowest BCUT2D eigenvalue weighted by Crippen LogP contribution is -2.30. The van der Waals surface area contributed by atoms with Crippen LogP contribution in [0.15, 0.2) is 22.7 Å². The Bertz CT molecular complexity index is 413. The molecule has 1 saturated heterocycles. The molecule has 1 atom stereocenters. The van der Waals surface area contributed by atoms with Crippen molar-refractivity contribution in [3.05, 3.63) is 33.8 Å². The molecule has 0 aliphatic carbocycles. The van der Waals surface area contributed by atoms with E-state index in [1.54, 1.807) is 7.11 Å². The summed E-state index contributed by atoms with van der Waals surface area (Å²) >= 11 is 3.42. The summed E-state index contributed by atoms with van der Waals surface area (Å²) in [7, 11) is 1.70. The molecule has 0 bridgehead atoms. The van der Waals surface area contributed by atoms with Gasteiger partial charge >= 0.3 is 0 Å². The highest BCUT2D eigenvalue weighted by atomic mass is 79.9. The van der Waals surface area contributed by atoms with Crippen LogP contribution in [0, 0.1) is 6.92 Å². The highest BCUT2D eigenvalue weighted by Crippen LogP contribution is 2.19. The maximum Gasteiger partial charge on any atom is 0.253 e. The van der Waals surface area contributed by atoms with E-state index in [4.69, 9.17) is 4.74 Å². The third-order valence-corrected chi connectivity index (χ3v) is 3.51. The van der Waals surface area contributed by atoms with Gasteiger partial charge in [0.15, 0.2) is 0 Å². The molecule has 0 saturated carbocycles. The highest BCUT2D eigenvalue weighted by molar-refractivity contribution is 9.10. The van der Waals surface area contributed by atoms with Crippen molar-refractivity contribution in [2.24, 2.45) is 0 Å². The van der Waals surface area contributed by atoms with Gasteiger partial charge in [-0.05, 0) is 37.1 Å². The van der Waals surface area contributed by atoms with Crippen LogP contribution in [0.5, 0.6) is 0 Å². The van der Waals surface area contributed by atoms with Gasteiger partial charge in [0.1, 0.15) is 0 Å². The van der Waals surface area contributed by atoms with E-state index in [9.17, 15) is 4.79 Å². The number of hydrogen-bond donors (Lipinski definition) is 0. The number of methoxy groups -OCH3 is 1. The van der Waals surface area contributed by atoms with E-state index in [0.717, 1.165) is 28.6 Å². The number of carbonyl (C=O) groups excluding carboxylic acids is 1. The Morgan fingerprint density at radius 1 is 1.47 bits per heavy atom. The lowest BCUT2D eigenvalue weighted by atomic mass is 10.1. The summed E-state index contributed by atoms with van der Waals surface area (Å²) < 4.78 is 6.22. The summed E-state index contributed by atoms with van der Waals surface area (Å²) in [6, 6.07) is 5.79. The van der Waals surface area contributed by atoms with E-state index in [1.165, 1.54) is 0 Å². The quantitative estimate of drug-likeness (QED) is 0.840. The van der Waals surface area contributed by atoms with Gasteiger partial charge in [-0.3, -0.25) is 4.79 Å². The molecule has 1 aliphatic rings. The number of benzene rings is 1. The molecule has 0 N–H and O–H groups in total. The van der Waals surface area contributed by atoms with Gasteiger partial charge in [0.05, 0.1) is 6.10 Å². The predicted molar refractivity (Wildman–Crippen MR) is 70.2 cm³/mol. The van der Waals surface area contributed by atoms with Crippen molar-refractivity contribution in [1.29, 1.82) is 0 Å². The number of hydrogen-bond acceptors (Lipinski definition) is 2. The fraction of sp³-hybridized carbons (Fsp3) is 0.462. The van der Waals surface area contributed by atoms with Crippen LogP contribution in [0.25, 0.3) is 0 Å². The topological polar surface area (TPSA) is 29.5 Å². The van der Waals surface area contributed by atoms with E-state index < -0.39 is 0 Å². The van der Waals surface area contributed by atoms with Crippen LogP contribution in [-0.4, -0.2) is 37.1 Å². The Morgan fingerprint density at radius 2 is 2.24 bits per heavy atom. The van der Waals surface area contributed by atoms with Gasteiger partial charge in [0, 0.05) is 30.2 Å². The minimum atomic E-state index is 0.0916. The average Bonchev–Trinajstić information content (AvgIpc) is 2.75. The van der Waals surface area contributed by atoms with Gasteiger partial charge in [0.2, 0.25) is 0 Å². The minimum Gasteiger partial charge on any atom is -0.380 e. The van der Waals surface area contributed by atoms with Crippen molar-refractivity contribution in [2.45, 2.75) is 19.4 Å². The summed E-state index contributed by atoms with van der Waals surface area (Å²) in [5.74, 6) is 0.0916. The zero-order valence-electron chi connectivity index (χ0n) is 10.1. The van der Waals surface area contributed by atoms with Crippen molar-refractivity contribution in [1.82, 2.24) is 4.90 Å². The molecule has 2 rings (SSSR count). The van der Waals surface area contributed by atoms with Crippen LogP contribution in [0.3, 0.4) is 0 Å². The number of carbonyl (C=O) groups is 1. The number of aryl methyl sites for hydroxylation is 1. The Morgan fingerprint density at radius 3 is 2.82 bits per heavy atom. The smallest absolute Gasteiger partial charge is 0.253 e. The summed E-state index contributed by atoms with van der Waals surface area (Å²) in [6.45, 7) is 3.47. The first-order chi connectivity index (χ1) is 8.10. The Balaban J connectivity index is 2.14. The lowest BCUT2D eigenvalue weighted by Gasteiger charge is -2.16. The number of nitrogens with zero attached hydrogens (tertiary/aromatic N) is 1. The standard InChI is InChI=1S/C13H16BrNO2/c1-9-5-10(7-11(14)6-9)13(16)15-4-3-12(8-15)17-2/h5-7,12H,3-4,8H2,1-2H3. The summed E-state index contributed by atoms with van der Waals surface area (Å²) in [6.07, 6.45) is 1.11. The van der Waals surface area contributed by atoms with Gasteiger partial charge in [-0.1, -0.05) is 15.9 Å². The second kappa shape index (κ2) is 5.19. The minimum absolute atomic E-state index is 0.0916. The number of likely N-dealkylation sites (tertiary alicyclic amines) is 1. The van der Waals surface area contributed by atoms with Crippen molar-refractivity contribution >= 4 is 21.8 Å². The van der Waals surface area contributed by atoms with Gasteiger partial charge in [0.25, 0.3) is 5.91 Å². The van der Waals surface area contributed by atoms with Crippen LogP contribution in [0.1, 0.15) is 22.3 Å². The van der Waals surface area contributed by atoms with Crippen LogP contribution in [-0.2, 0) is 4.74 Å². The molecule has 0 aromatic heterocycles. The third kappa shape index (κ3) is 2.87. The second-order valence-corrected chi connectivity index (χ2v) is 5.33. The monoisotopic (exact) mass is 297 g/mol. The predicted octanol–water partition coefficient (Wildman–Crippen LogP) is 2.62. The van der Waals surface area contributed by atoms with E-state index >= 15 is 0 Å². The number of halogens is 1. The van der Waals surface area contributed by atoms with Crippen LogP contribution < -0.4 is 0 Å². The molecular weight excluding hydrogens is 282 g/mol. The molecule has 0 radical (unpaired) electrons. The molecule has 1 aromatic carbocycles. The largest absolute Gasteiger partial charge is 0.380 e. The van der Waals surface area contributed by atoms with Gasteiger partial charge in [-0.2, -0.15) is 0 Å². The Kier molecular flexibility index (Phi) is 3.84. The van der Waals surface area contributed by atoms with Crippen LogP contribution in [0.4, 0.5) is 0 Å². The first-order valence-corrected chi connectivity index (χ1v) is 6.48. The Labute approximate surface area is 110 Å². The molecule has 1 aromatic rings. The Hall–Kier alpha value is -0.870. The summed E-state index contributed by atoms with van der Waals surface area (Å²) in [5, 5.41) is 0. The average molecular weight is 298 g/mol. The maximum absolute atomic E-state index is 12.3. The van der Waals surface area contributed by atoms with Crippen molar-refractivity contribution in [3.8, 4) is 0 Å². The molecule has 17 heavy (non-hydrogen) atoms. The first kappa shape index (κ1) is 12.6. The third-order valence-electron chi connectivity index (χ3n) is 3.05. The van der Waals surface area contributed by atoms with Gasteiger partial charge in [-0.15, -0.1) is 0 Å². The maximum atomic E-state index is 12.3. The lowest BCUT2D eigenvalue weighted by molar-refractivity contribution is 0.0724. The highest BCUT2D eigenvalue weighted by Gasteiger charge is 2.26. The molecule has 1 unspecified atom stereocenters. The van der Waals surface area contributed by atoms with Gasteiger partial charge < -0.3 is 9.64 Å². The van der Waals surface area contributed by atoms with Crippen LogP contribution in [0.2, 0.25) is 0 Å². The summed E-state index contributed by atoms with van der Waals surface area (Å²) in [5.41, 5.74) is 1.83. The molecular formula is C13H16BrNO2. The van der Waals surface area contributed by atoms with Crippen molar-refractivity contribution in [3.63, 3.8) is 0 Å². The van der Waals surface area contributed by atoms with Crippen molar-refractivity contribution < 1.29 is 9.53 Å². The normalized spacial score (nSPS) is 19.7. The molecule has 0 spiro atoms. The first-order valence-electron chi connectivity index (χ1n) is 5.69. The summed E-state index contributed by atoms with van der Waals surface area (Å²) in [4.78, 5) is 14.1. The molecule has 4 heteroatoms. The van der Waals surface area contributed by atoms with Gasteiger partial charge in [-0.25, -0.2) is 0 Å². The second-order valence-electron chi connectivity index (χ2n) is 4.41.